The van der Waals surface area contributed by atoms with Gasteiger partial charge in [-0.2, -0.15) is 5.10 Å². The van der Waals surface area contributed by atoms with Crippen LogP contribution in [-0.4, -0.2) is 11.6 Å². The van der Waals surface area contributed by atoms with E-state index in [0.717, 1.165) is 12.8 Å². The number of carbonyl (C=O) groups is 1. The Hall–Kier alpha value is -1.58. The molecule has 15 heavy (non-hydrogen) atoms. The van der Waals surface area contributed by atoms with Crippen molar-refractivity contribution in [2.75, 3.05) is 0 Å². The quantitative estimate of drug-likeness (QED) is 0.596. The summed E-state index contributed by atoms with van der Waals surface area (Å²) < 4.78 is 5.13. The molecule has 0 saturated heterocycles. The molecule has 1 rings (SSSR count). The van der Waals surface area contributed by atoms with Crippen molar-refractivity contribution in [2.24, 2.45) is 5.10 Å². The predicted octanol–water partition coefficient (Wildman–Crippen LogP) is 2.31. The molecule has 0 saturated carbocycles. The lowest BCUT2D eigenvalue weighted by atomic mass is 10.2. The standard InChI is InChI=1S/C11H16N2O2/c1-3-4-7-11(14)13-12-9(2)10-6-5-8-15-10/h5-6,8H,3-4,7H2,1-2H3,(H,13,14). The van der Waals surface area contributed by atoms with Crippen LogP contribution in [0.25, 0.3) is 0 Å². The highest BCUT2D eigenvalue weighted by molar-refractivity contribution is 5.96. The molecule has 4 nitrogen and oxygen atoms in total. The molecule has 1 aromatic rings. The van der Waals surface area contributed by atoms with Gasteiger partial charge >= 0.3 is 0 Å². The zero-order chi connectivity index (χ0) is 11.1. The monoisotopic (exact) mass is 208 g/mol. The van der Waals surface area contributed by atoms with Gasteiger partial charge in [-0.1, -0.05) is 13.3 Å². The van der Waals surface area contributed by atoms with E-state index in [1.54, 1.807) is 25.3 Å². The number of amides is 1. The Morgan fingerprint density at radius 2 is 2.40 bits per heavy atom. The normalized spacial score (nSPS) is 11.5. The van der Waals surface area contributed by atoms with Crippen LogP contribution in [0.5, 0.6) is 0 Å². The molecule has 0 aliphatic rings. The highest BCUT2D eigenvalue weighted by Crippen LogP contribution is 2.01. The Balaban J connectivity index is 2.40. The van der Waals surface area contributed by atoms with E-state index in [9.17, 15) is 4.79 Å². The number of furan rings is 1. The van der Waals surface area contributed by atoms with Crippen molar-refractivity contribution in [3.05, 3.63) is 24.2 Å². The first kappa shape index (κ1) is 11.5. The van der Waals surface area contributed by atoms with Gasteiger partial charge in [0.1, 0.15) is 11.5 Å². The van der Waals surface area contributed by atoms with Crippen LogP contribution in [0.3, 0.4) is 0 Å². The Kier molecular flexibility index (Phi) is 4.60. The molecule has 82 valence electrons. The van der Waals surface area contributed by atoms with E-state index < -0.39 is 0 Å². The summed E-state index contributed by atoms with van der Waals surface area (Å²) in [6.45, 7) is 3.84. The van der Waals surface area contributed by atoms with E-state index in [2.05, 4.69) is 10.5 Å². The maximum atomic E-state index is 11.2. The Morgan fingerprint density at radius 3 is 3.00 bits per heavy atom. The van der Waals surface area contributed by atoms with Gasteiger partial charge in [-0.15, -0.1) is 0 Å². The number of rotatable bonds is 5. The van der Waals surface area contributed by atoms with Crippen molar-refractivity contribution in [1.82, 2.24) is 5.43 Å². The van der Waals surface area contributed by atoms with Crippen LogP contribution in [0, 0.1) is 0 Å². The Morgan fingerprint density at radius 1 is 1.60 bits per heavy atom. The van der Waals surface area contributed by atoms with Crippen LogP contribution >= 0.6 is 0 Å². The molecule has 0 unspecified atom stereocenters. The maximum absolute atomic E-state index is 11.2. The van der Waals surface area contributed by atoms with Gasteiger partial charge in [0.2, 0.25) is 5.91 Å². The van der Waals surface area contributed by atoms with Crippen LogP contribution in [0.1, 0.15) is 38.9 Å². The number of unbranched alkanes of at least 4 members (excludes halogenated alkanes) is 1. The minimum atomic E-state index is -0.0530. The van der Waals surface area contributed by atoms with Crippen molar-refractivity contribution in [2.45, 2.75) is 33.1 Å². The Bertz CT molecular complexity index is 328. The molecule has 1 heterocycles. The lowest BCUT2D eigenvalue weighted by molar-refractivity contribution is -0.121. The summed E-state index contributed by atoms with van der Waals surface area (Å²) in [4.78, 5) is 11.2. The van der Waals surface area contributed by atoms with Crippen LogP contribution in [0.15, 0.2) is 27.9 Å². The predicted molar refractivity (Wildman–Crippen MR) is 58.6 cm³/mol. The molecule has 1 aromatic heterocycles. The topological polar surface area (TPSA) is 54.6 Å². The van der Waals surface area contributed by atoms with Gasteiger partial charge in [0.05, 0.1) is 6.26 Å². The smallest absolute Gasteiger partial charge is 0.240 e. The molecule has 0 aliphatic carbocycles. The van der Waals surface area contributed by atoms with E-state index >= 15 is 0 Å². The van der Waals surface area contributed by atoms with Crippen LogP contribution < -0.4 is 5.43 Å². The number of hydrogen-bond donors (Lipinski definition) is 1. The van der Waals surface area contributed by atoms with Gasteiger partial charge in [0.25, 0.3) is 0 Å². The van der Waals surface area contributed by atoms with Gasteiger partial charge in [-0.05, 0) is 25.5 Å². The van der Waals surface area contributed by atoms with Gasteiger partial charge in [0.15, 0.2) is 0 Å². The van der Waals surface area contributed by atoms with Crippen molar-refractivity contribution in [3.63, 3.8) is 0 Å². The summed E-state index contributed by atoms with van der Waals surface area (Å²) in [5.74, 6) is 0.619. The molecule has 1 N–H and O–H groups in total. The molecule has 0 radical (unpaired) electrons. The Labute approximate surface area is 89.4 Å². The van der Waals surface area contributed by atoms with Gasteiger partial charge in [-0.3, -0.25) is 4.79 Å². The SMILES string of the molecule is CCCCC(=O)NN=C(C)c1ccco1. The molecule has 4 heteroatoms. The zero-order valence-electron chi connectivity index (χ0n) is 9.12. The lowest BCUT2D eigenvalue weighted by Gasteiger charge is -1.99. The summed E-state index contributed by atoms with van der Waals surface area (Å²) in [6.07, 6.45) is 3.99. The molecular formula is C11H16N2O2. The average molecular weight is 208 g/mol. The average Bonchev–Trinajstić information content (AvgIpc) is 2.76. The first-order valence-corrected chi connectivity index (χ1v) is 5.11. The molecular weight excluding hydrogens is 192 g/mol. The molecule has 0 bridgehead atoms. The number of hydrogen-bond acceptors (Lipinski definition) is 3. The molecule has 0 aromatic carbocycles. The first-order valence-electron chi connectivity index (χ1n) is 5.11. The van der Waals surface area contributed by atoms with Crippen molar-refractivity contribution in [3.8, 4) is 0 Å². The third-order valence-electron chi connectivity index (χ3n) is 1.98. The van der Waals surface area contributed by atoms with Crippen LogP contribution in [0.4, 0.5) is 0 Å². The second-order valence-corrected chi connectivity index (χ2v) is 3.31. The molecule has 1 amide bonds. The summed E-state index contributed by atoms with van der Waals surface area (Å²) in [5, 5.41) is 3.94. The van der Waals surface area contributed by atoms with Crippen LogP contribution in [0.2, 0.25) is 0 Å². The molecule has 0 spiro atoms. The van der Waals surface area contributed by atoms with Crippen molar-refractivity contribution < 1.29 is 9.21 Å². The molecule has 0 atom stereocenters. The minimum absolute atomic E-state index is 0.0530. The molecule has 0 aliphatic heterocycles. The number of carbonyl (C=O) groups excluding carboxylic acids is 1. The van der Waals surface area contributed by atoms with E-state index in [-0.39, 0.29) is 5.91 Å². The van der Waals surface area contributed by atoms with Gasteiger partial charge < -0.3 is 4.42 Å². The van der Waals surface area contributed by atoms with Gasteiger partial charge in [-0.25, -0.2) is 5.43 Å². The van der Waals surface area contributed by atoms with Crippen molar-refractivity contribution in [1.29, 1.82) is 0 Å². The summed E-state index contributed by atoms with van der Waals surface area (Å²) >= 11 is 0. The maximum Gasteiger partial charge on any atom is 0.240 e. The van der Waals surface area contributed by atoms with Crippen LogP contribution in [-0.2, 0) is 4.79 Å². The second kappa shape index (κ2) is 6.01. The first-order chi connectivity index (χ1) is 7.24. The third-order valence-corrected chi connectivity index (χ3v) is 1.98. The zero-order valence-corrected chi connectivity index (χ0v) is 9.12. The number of nitrogens with one attached hydrogen (secondary N) is 1. The minimum Gasteiger partial charge on any atom is -0.463 e. The summed E-state index contributed by atoms with van der Waals surface area (Å²) in [7, 11) is 0. The fourth-order valence-corrected chi connectivity index (χ4v) is 1.08. The summed E-state index contributed by atoms with van der Waals surface area (Å²) in [6, 6.07) is 3.59. The highest BCUT2D eigenvalue weighted by atomic mass is 16.3. The summed E-state index contributed by atoms with van der Waals surface area (Å²) in [5.41, 5.74) is 3.17. The fraction of sp³-hybridized carbons (Fsp3) is 0.455. The van der Waals surface area contributed by atoms with E-state index in [4.69, 9.17) is 4.42 Å². The number of nitrogens with zero attached hydrogens (tertiary/aromatic N) is 1. The second-order valence-electron chi connectivity index (χ2n) is 3.31. The largest absolute Gasteiger partial charge is 0.463 e. The number of hydrazone groups is 1. The van der Waals surface area contributed by atoms with Gasteiger partial charge in [0, 0.05) is 6.42 Å². The van der Waals surface area contributed by atoms with Crippen molar-refractivity contribution >= 4 is 11.6 Å². The molecule has 0 fully saturated rings. The van der Waals surface area contributed by atoms with E-state index in [1.165, 1.54) is 0 Å². The van der Waals surface area contributed by atoms with E-state index in [0.29, 0.717) is 17.9 Å². The lowest BCUT2D eigenvalue weighted by Crippen LogP contribution is -2.18. The van der Waals surface area contributed by atoms with E-state index in [1.807, 2.05) is 6.92 Å². The highest BCUT2D eigenvalue weighted by Gasteiger charge is 2.01. The third kappa shape index (κ3) is 3.97. The fourth-order valence-electron chi connectivity index (χ4n) is 1.08.